The van der Waals surface area contributed by atoms with Gasteiger partial charge in [0, 0.05) is 24.2 Å². The van der Waals surface area contributed by atoms with Gasteiger partial charge in [-0.3, -0.25) is 9.59 Å². The lowest BCUT2D eigenvalue weighted by Crippen LogP contribution is -2.26. The van der Waals surface area contributed by atoms with Crippen molar-refractivity contribution in [3.8, 4) is 10.6 Å². The number of methoxy groups -OCH3 is 1. The number of aryl methyl sites for hydroxylation is 1. The second-order valence-electron chi connectivity index (χ2n) is 6.42. The number of benzene rings is 2. The molecule has 1 aliphatic rings. The number of para-hydroxylation sites is 1. The number of fused-ring (bicyclic) bond motifs is 1. The molecule has 1 aromatic heterocycles. The van der Waals surface area contributed by atoms with Gasteiger partial charge in [0.25, 0.3) is 0 Å². The average Bonchev–Trinajstić information content (AvgIpc) is 3.25. The van der Waals surface area contributed by atoms with Gasteiger partial charge < -0.3 is 9.64 Å². The summed E-state index contributed by atoms with van der Waals surface area (Å²) < 4.78 is 5.93. The molecule has 1 amide bonds. The molecule has 5 nitrogen and oxygen atoms in total. The van der Waals surface area contributed by atoms with Crippen molar-refractivity contribution in [3.05, 3.63) is 48.0 Å². The van der Waals surface area contributed by atoms with Crippen molar-refractivity contribution in [2.24, 2.45) is 5.92 Å². The van der Waals surface area contributed by atoms with Crippen molar-refractivity contribution in [1.82, 2.24) is 4.98 Å². The molecule has 0 bridgehead atoms. The zero-order chi connectivity index (χ0) is 18.3. The van der Waals surface area contributed by atoms with Crippen molar-refractivity contribution in [3.63, 3.8) is 0 Å². The Labute approximate surface area is 155 Å². The van der Waals surface area contributed by atoms with E-state index in [1.807, 2.05) is 43.3 Å². The number of hydrogen-bond donors (Lipinski definition) is 0. The Morgan fingerprint density at radius 2 is 2.08 bits per heavy atom. The van der Waals surface area contributed by atoms with Gasteiger partial charge in [0.15, 0.2) is 0 Å². The van der Waals surface area contributed by atoms with Crippen LogP contribution in [0, 0.1) is 12.8 Å². The van der Waals surface area contributed by atoms with Gasteiger partial charge in [-0.2, -0.15) is 0 Å². The molecule has 1 unspecified atom stereocenters. The van der Waals surface area contributed by atoms with Gasteiger partial charge in [0.05, 0.1) is 23.2 Å². The lowest BCUT2D eigenvalue weighted by atomic mass is 10.1. The Hall–Kier alpha value is -2.73. The summed E-state index contributed by atoms with van der Waals surface area (Å²) in [5.41, 5.74) is 3.77. The van der Waals surface area contributed by atoms with E-state index in [-0.39, 0.29) is 18.3 Å². The summed E-state index contributed by atoms with van der Waals surface area (Å²) in [6.45, 7) is 2.33. The highest BCUT2D eigenvalue weighted by Crippen LogP contribution is 2.35. The minimum absolute atomic E-state index is 0.0510. The third-order valence-corrected chi connectivity index (χ3v) is 5.79. The number of thiazole rings is 1. The number of amides is 1. The molecule has 0 spiro atoms. The molecule has 1 atom stereocenters. The SMILES string of the molecule is COC(=O)C1CC(=O)N(c2cc(-c3nc4ccccc4s3)ccc2C)C1. The number of carbonyl (C=O) groups excluding carboxylic acids is 2. The highest BCUT2D eigenvalue weighted by molar-refractivity contribution is 7.21. The summed E-state index contributed by atoms with van der Waals surface area (Å²) in [5, 5.41) is 0.920. The second-order valence-corrected chi connectivity index (χ2v) is 7.45. The first-order valence-corrected chi connectivity index (χ1v) is 9.23. The molecule has 0 radical (unpaired) electrons. The van der Waals surface area contributed by atoms with Crippen molar-refractivity contribution in [1.29, 1.82) is 0 Å². The molecule has 3 aromatic rings. The maximum Gasteiger partial charge on any atom is 0.311 e. The Morgan fingerprint density at radius 1 is 1.27 bits per heavy atom. The van der Waals surface area contributed by atoms with Crippen LogP contribution in [0.15, 0.2) is 42.5 Å². The molecule has 6 heteroatoms. The van der Waals surface area contributed by atoms with Crippen LogP contribution in [0.4, 0.5) is 5.69 Å². The molecule has 132 valence electrons. The van der Waals surface area contributed by atoms with Gasteiger partial charge in [-0.05, 0) is 30.7 Å². The number of anilines is 1. The first-order valence-electron chi connectivity index (χ1n) is 8.41. The van der Waals surface area contributed by atoms with Gasteiger partial charge in [0.2, 0.25) is 5.91 Å². The van der Waals surface area contributed by atoms with Crippen LogP contribution in [0.5, 0.6) is 0 Å². The fraction of sp³-hybridized carbons (Fsp3) is 0.250. The lowest BCUT2D eigenvalue weighted by Gasteiger charge is -2.19. The topological polar surface area (TPSA) is 59.5 Å². The maximum absolute atomic E-state index is 12.5. The minimum atomic E-state index is -0.405. The number of carbonyl (C=O) groups is 2. The molecular weight excluding hydrogens is 348 g/mol. The quantitative estimate of drug-likeness (QED) is 0.662. The number of aromatic nitrogens is 1. The summed E-state index contributed by atoms with van der Waals surface area (Å²) in [7, 11) is 1.36. The van der Waals surface area contributed by atoms with Crippen LogP contribution < -0.4 is 4.90 Å². The zero-order valence-corrected chi connectivity index (χ0v) is 15.4. The molecular formula is C20H18N2O3S. The van der Waals surface area contributed by atoms with E-state index >= 15 is 0 Å². The number of esters is 1. The van der Waals surface area contributed by atoms with E-state index in [9.17, 15) is 9.59 Å². The summed E-state index contributed by atoms with van der Waals surface area (Å²) in [6, 6.07) is 14.0. The Morgan fingerprint density at radius 3 is 2.85 bits per heavy atom. The Kier molecular flexibility index (Phi) is 4.20. The van der Waals surface area contributed by atoms with Crippen molar-refractivity contribution in [2.45, 2.75) is 13.3 Å². The van der Waals surface area contributed by atoms with Crippen molar-refractivity contribution < 1.29 is 14.3 Å². The van der Waals surface area contributed by atoms with Crippen LogP contribution in [-0.2, 0) is 14.3 Å². The van der Waals surface area contributed by atoms with Gasteiger partial charge in [-0.1, -0.05) is 24.3 Å². The molecule has 26 heavy (non-hydrogen) atoms. The summed E-state index contributed by atoms with van der Waals surface area (Å²) in [4.78, 5) is 30.6. The third kappa shape index (κ3) is 2.86. The highest BCUT2D eigenvalue weighted by atomic mass is 32.1. The van der Waals surface area contributed by atoms with Crippen LogP contribution in [0.25, 0.3) is 20.8 Å². The van der Waals surface area contributed by atoms with Crippen molar-refractivity contribution >= 4 is 39.1 Å². The highest BCUT2D eigenvalue weighted by Gasteiger charge is 2.36. The van der Waals surface area contributed by atoms with E-state index in [4.69, 9.17) is 9.72 Å². The van der Waals surface area contributed by atoms with Crippen LogP contribution in [-0.4, -0.2) is 30.5 Å². The van der Waals surface area contributed by atoms with Gasteiger partial charge in [-0.15, -0.1) is 11.3 Å². The fourth-order valence-electron chi connectivity index (χ4n) is 3.29. The van der Waals surface area contributed by atoms with E-state index in [2.05, 4.69) is 6.07 Å². The third-order valence-electron chi connectivity index (χ3n) is 4.70. The number of nitrogens with zero attached hydrogens (tertiary/aromatic N) is 2. The van der Waals surface area contributed by atoms with Gasteiger partial charge in [0.1, 0.15) is 5.01 Å². The lowest BCUT2D eigenvalue weighted by molar-refractivity contribution is -0.145. The molecule has 2 heterocycles. The predicted octanol–water partition coefficient (Wildman–Crippen LogP) is 3.80. The Balaban J connectivity index is 1.70. The minimum Gasteiger partial charge on any atom is -0.469 e. The summed E-state index contributed by atoms with van der Waals surface area (Å²) >= 11 is 1.63. The molecule has 0 N–H and O–H groups in total. The van der Waals surface area contributed by atoms with Crippen LogP contribution in [0.2, 0.25) is 0 Å². The molecule has 2 aromatic carbocycles. The zero-order valence-electron chi connectivity index (χ0n) is 14.6. The summed E-state index contributed by atoms with van der Waals surface area (Å²) in [5.74, 6) is -0.788. The smallest absolute Gasteiger partial charge is 0.311 e. The average molecular weight is 366 g/mol. The number of rotatable bonds is 3. The van der Waals surface area contributed by atoms with E-state index in [0.717, 1.165) is 32.0 Å². The molecule has 0 saturated carbocycles. The fourth-order valence-corrected chi connectivity index (χ4v) is 4.26. The predicted molar refractivity (Wildman–Crippen MR) is 102 cm³/mol. The first-order chi connectivity index (χ1) is 12.6. The van der Waals surface area contributed by atoms with Crippen LogP contribution in [0.1, 0.15) is 12.0 Å². The Bertz CT molecular complexity index is 978. The first kappa shape index (κ1) is 16.7. The molecule has 0 aliphatic carbocycles. The monoisotopic (exact) mass is 366 g/mol. The molecule has 1 aliphatic heterocycles. The molecule has 4 rings (SSSR count). The van der Waals surface area contributed by atoms with E-state index in [1.165, 1.54) is 7.11 Å². The van der Waals surface area contributed by atoms with E-state index in [0.29, 0.717) is 6.54 Å². The summed E-state index contributed by atoms with van der Waals surface area (Å²) in [6.07, 6.45) is 0.192. The van der Waals surface area contributed by atoms with Crippen molar-refractivity contribution in [2.75, 3.05) is 18.6 Å². The number of ether oxygens (including phenoxy) is 1. The maximum atomic E-state index is 12.5. The second kappa shape index (κ2) is 6.53. The van der Waals surface area contributed by atoms with Gasteiger partial charge in [-0.25, -0.2) is 4.98 Å². The normalized spacial score (nSPS) is 17.1. The van der Waals surface area contributed by atoms with E-state index < -0.39 is 5.92 Å². The van der Waals surface area contributed by atoms with Crippen LogP contribution >= 0.6 is 11.3 Å². The molecule has 1 saturated heterocycles. The van der Waals surface area contributed by atoms with Crippen LogP contribution in [0.3, 0.4) is 0 Å². The largest absolute Gasteiger partial charge is 0.469 e. The molecule has 1 fully saturated rings. The van der Waals surface area contributed by atoms with Gasteiger partial charge >= 0.3 is 5.97 Å². The van der Waals surface area contributed by atoms with E-state index in [1.54, 1.807) is 16.2 Å². The standard InChI is InChI=1S/C20H18N2O3S/c1-12-7-8-13(19-21-15-5-3-4-6-17(15)26-19)9-16(12)22-11-14(10-18(22)23)20(24)25-2/h3-9,14H,10-11H2,1-2H3. The number of hydrogen-bond acceptors (Lipinski definition) is 5.